The van der Waals surface area contributed by atoms with Gasteiger partial charge < -0.3 is 19.7 Å². The second-order valence-corrected chi connectivity index (χ2v) is 8.52. The summed E-state index contributed by atoms with van der Waals surface area (Å²) in [5.41, 5.74) is 0. The minimum atomic E-state index is -3.41. The zero-order chi connectivity index (χ0) is 19.2. The molecule has 0 spiro atoms. The van der Waals surface area contributed by atoms with Gasteiger partial charge in [0, 0.05) is 38.8 Å². The molecule has 9 nitrogen and oxygen atoms in total. The van der Waals surface area contributed by atoms with Crippen LogP contribution < -0.4 is 5.32 Å². The summed E-state index contributed by atoms with van der Waals surface area (Å²) in [6.45, 7) is 4.02. The number of sulfonamides is 1. The molecular formula is C16H29N3O6S. The standard InChI is InChI=1S/C16H29N3O6S/c1-3-24-16(21)18-9-6-13(7-10-18)19(26(2,22)23)11-8-17-15(20)14-5-4-12-25-14/h13-14H,3-12H2,1-2H3,(H,17,20). The van der Waals surface area contributed by atoms with E-state index in [1.165, 1.54) is 10.6 Å². The fourth-order valence-electron chi connectivity index (χ4n) is 3.36. The van der Waals surface area contributed by atoms with Crippen LogP contribution in [0, 0.1) is 0 Å². The minimum Gasteiger partial charge on any atom is -0.450 e. The zero-order valence-electron chi connectivity index (χ0n) is 15.5. The maximum atomic E-state index is 12.2. The second-order valence-electron chi connectivity index (χ2n) is 6.58. The average Bonchev–Trinajstić information content (AvgIpc) is 3.12. The lowest BCUT2D eigenvalue weighted by Crippen LogP contribution is -2.50. The predicted octanol–water partition coefficient (Wildman–Crippen LogP) is 0.164. The van der Waals surface area contributed by atoms with Crippen LogP contribution in [0.1, 0.15) is 32.6 Å². The van der Waals surface area contributed by atoms with Gasteiger partial charge in [0.25, 0.3) is 0 Å². The van der Waals surface area contributed by atoms with E-state index >= 15 is 0 Å². The SMILES string of the molecule is CCOC(=O)N1CCC(N(CCNC(=O)C2CCCO2)S(C)(=O)=O)CC1. The lowest BCUT2D eigenvalue weighted by Gasteiger charge is -2.36. The number of hydrogen-bond acceptors (Lipinski definition) is 6. The van der Waals surface area contributed by atoms with Crippen molar-refractivity contribution in [3.63, 3.8) is 0 Å². The van der Waals surface area contributed by atoms with Crippen molar-refractivity contribution in [2.24, 2.45) is 0 Å². The van der Waals surface area contributed by atoms with Crippen molar-refractivity contribution in [3.05, 3.63) is 0 Å². The highest BCUT2D eigenvalue weighted by Gasteiger charge is 2.32. The van der Waals surface area contributed by atoms with E-state index in [-0.39, 0.29) is 31.1 Å². The van der Waals surface area contributed by atoms with Gasteiger partial charge in [-0.25, -0.2) is 13.2 Å². The lowest BCUT2D eigenvalue weighted by molar-refractivity contribution is -0.130. The van der Waals surface area contributed by atoms with Crippen LogP contribution in [0.2, 0.25) is 0 Å². The molecule has 0 radical (unpaired) electrons. The van der Waals surface area contributed by atoms with Gasteiger partial charge in [-0.1, -0.05) is 0 Å². The van der Waals surface area contributed by atoms with Gasteiger partial charge in [0.05, 0.1) is 12.9 Å². The molecule has 2 aliphatic rings. The molecule has 2 rings (SSSR count). The fraction of sp³-hybridized carbons (Fsp3) is 0.875. The van der Waals surface area contributed by atoms with E-state index in [0.29, 0.717) is 45.6 Å². The van der Waals surface area contributed by atoms with Crippen LogP contribution in [0.4, 0.5) is 4.79 Å². The Hall–Kier alpha value is -1.39. The van der Waals surface area contributed by atoms with Gasteiger partial charge in [-0.05, 0) is 32.6 Å². The molecule has 0 aliphatic carbocycles. The Kier molecular flexibility index (Phi) is 7.66. The Morgan fingerprint density at radius 1 is 1.27 bits per heavy atom. The molecule has 150 valence electrons. The third-order valence-corrected chi connectivity index (χ3v) is 6.01. The van der Waals surface area contributed by atoms with Gasteiger partial charge in [0.2, 0.25) is 15.9 Å². The first-order valence-corrected chi connectivity index (χ1v) is 11.0. The molecule has 0 aromatic heterocycles. The maximum Gasteiger partial charge on any atom is 0.409 e. The van der Waals surface area contributed by atoms with Crippen molar-refractivity contribution in [1.82, 2.24) is 14.5 Å². The molecule has 2 amide bonds. The van der Waals surface area contributed by atoms with Gasteiger partial charge in [0.1, 0.15) is 6.10 Å². The largest absolute Gasteiger partial charge is 0.450 e. The number of nitrogens with one attached hydrogen (secondary N) is 1. The monoisotopic (exact) mass is 391 g/mol. The molecule has 1 atom stereocenters. The first kappa shape index (κ1) is 20.9. The van der Waals surface area contributed by atoms with Crippen molar-refractivity contribution in [1.29, 1.82) is 0 Å². The van der Waals surface area contributed by atoms with Crippen LogP contribution >= 0.6 is 0 Å². The average molecular weight is 391 g/mol. The Bertz CT molecular complexity index is 583. The summed E-state index contributed by atoms with van der Waals surface area (Å²) in [6, 6.07) is -0.185. The summed E-state index contributed by atoms with van der Waals surface area (Å²) >= 11 is 0. The van der Waals surface area contributed by atoms with Crippen molar-refractivity contribution in [2.45, 2.75) is 44.8 Å². The molecule has 1 N–H and O–H groups in total. The number of piperidine rings is 1. The number of nitrogens with zero attached hydrogens (tertiary/aromatic N) is 2. The molecule has 2 saturated heterocycles. The van der Waals surface area contributed by atoms with Crippen molar-refractivity contribution >= 4 is 22.0 Å². The summed E-state index contributed by atoms with van der Waals surface area (Å²) in [6.07, 6.45) is 3.06. The quantitative estimate of drug-likeness (QED) is 0.663. The number of carbonyl (C=O) groups is 2. The minimum absolute atomic E-state index is 0.185. The van der Waals surface area contributed by atoms with Crippen molar-refractivity contribution < 1.29 is 27.5 Å². The summed E-state index contributed by atoms with van der Waals surface area (Å²) in [5.74, 6) is -0.187. The van der Waals surface area contributed by atoms with E-state index < -0.39 is 16.1 Å². The Labute approximate surface area is 155 Å². The highest BCUT2D eigenvalue weighted by Crippen LogP contribution is 2.19. The van der Waals surface area contributed by atoms with Crippen LogP contribution in [-0.2, 0) is 24.3 Å². The van der Waals surface area contributed by atoms with Gasteiger partial charge in [-0.2, -0.15) is 4.31 Å². The van der Waals surface area contributed by atoms with Gasteiger partial charge in [0.15, 0.2) is 0 Å². The summed E-state index contributed by atoms with van der Waals surface area (Å²) in [4.78, 5) is 25.3. The van der Waals surface area contributed by atoms with E-state index in [0.717, 1.165) is 6.42 Å². The summed E-state index contributed by atoms with van der Waals surface area (Å²) < 4.78 is 36.0. The number of ether oxygens (including phenoxy) is 2. The number of likely N-dealkylation sites (tertiary alicyclic amines) is 1. The molecule has 0 bridgehead atoms. The van der Waals surface area contributed by atoms with E-state index in [1.54, 1.807) is 11.8 Å². The first-order valence-electron chi connectivity index (χ1n) is 9.10. The van der Waals surface area contributed by atoms with Crippen LogP contribution in [0.5, 0.6) is 0 Å². The van der Waals surface area contributed by atoms with E-state index in [9.17, 15) is 18.0 Å². The Balaban J connectivity index is 1.84. The number of rotatable bonds is 7. The molecular weight excluding hydrogens is 362 g/mol. The van der Waals surface area contributed by atoms with Crippen LogP contribution in [-0.4, -0.2) is 87.4 Å². The normalized spacial score (nSPS) is 21.8. The summed E-state index contributed by atoms with van der Waals surface area (Å²) in [5, 5.41) is 2.76. The van der Waals surface area contributed by atoms with Crippen LogP contribution in [0.25, 0.3) is 0 Å². The molecule has 1 unspecified atom stereocenters. The van der Waals surface area contributed by atoms with E-state index in [1.807, 2.05) is 0 Å². The number of hydrogen-bond donors (Lipinski definition) is 1. The molecule has 0 saturated carbocycles. The molecule has 0 aromatic rings. The number of amides is 2. The van der Waals surface area contributed by atoms with Crippen LogP contribution in [0.3, 0.4) is 0 Å². The van der Waals surface area contributed by atoms with Crippen molar-refractivity contribution in [2.75, 3.05) is 45.6 Å². The smallest absolute Gasteiger partial charge is 0.409 e. The van der Waals surface area contributed by atoms with Gasteiger partial charge in [-0.3, -0.25) is 4.79 Å². The molecule has 0 aromatic carbocycles. The van der Waals surface area contributed by atoms with E-state index in [2.05, 4.69) is 5.32 Å². The fourth-order valence-corrected chi connectivity index (χ4v) is 4.53. The Morgan fingerprint density at radius 3 is 2.50 bits per heavy atom. The number of carbonyl (C=O) groups excluding carboxylic acids is 2. The van der Waals surface area contributed by atoms with Crippen LogP contribution in [0.15, 0.2) is 0 Å². The third-order valence-electron chi connectivity index (χ3n) is 4.68. The Morgan fingerprint density at radius 2 is 1.96 bits per heavy atom. The molecule has 10 heteroatoms. The van der Waals surface area contributed by atoms with Crippen molar-refractivity contribution in [3.8, 4) is 0 Å². The summed E-state index contributed by atoms with van der Waals surface area (Å²) in [7, 11) is -3.41. The predicted molar refractivity (Wildman–Crippen MR) is 95.2 cm³/mol. The lowest BCUT2D eigenvalue weighted by atomic mass is 10.1. The molecule has 2 fully saturated rings. The van der Waals surface area contributed by atoms with E-state index in [4.69, 9.17) is 9.47 Å². The van der Waals surface area contributed by atoms with Gasteiger partial charge >= 0.3 is 6.09 Å². The first-order chi connectivity index (χ1) is 12.3. The zero-order valence-corrected chi connectivity index (χ0v) is 16.3. The van der Waals surface area contributed by atoms with Gasteiger partial charge in [-0.15, -0.1) is 0 Å². The molecule has 2 aliphatic heterocycles. The highest BCUT2D eigenvalue weighted by molar-refractivity contribution is 7.88. The topological polar surface area (TPSA) is 105 Å². The second kappa shape index (κ2) is 9.52. The highest BCUT2D eigenvalue weighted by atomic mass is 32.2. The molecule has 2 heterocycles. The third kappa shape index (κ3) is 5.82. The maximum absolute atomic E-state index is 12.2. The molecule has 26 heavy (non-hydrogen) atoms.